The maximum atomic E-state index is 13.9. The Morgan fingerprint density at radius 3 is 2.54 bits per heavy atom. The van der Waals surface area contributed by atoms with Crippen LogP contribution in [0.25, 0.3) is 11.3 Å². The van der Waals surface area contributed by atoms with E-state index in [1.807, 2.05) is 30.3 Å². The fraction of sp³-hybridized carbons (Fsp3) is 0.0556. The first-order valence-corrected chi connectivity index (χ1v) is 7.64. The Morgan fingerprint density at radius 2 is 1.81 bits per heavy atom. The second kappa shape index (κ2) is 7.56. The average molecular weight is 356 g/mol. The third kappa shape index (κ3) is 4.10. The van der Waals surface area contributed by atoms with Crippen LogP contribution in [0.1, 0.15) is 0 Å². The van der Waals surface area contributed by atoms with Gasteiger partial charge in [0.25, 0.3) is 0 Å². The molecule has 0 atom stereocenters. The van der Waals surface area contributed by atoms with E-state index in [4.69, 9.17) is 5.11 Å². The molecule has 0 bridgehead atoms. The molecular formula is C18H14F2N4O2. The molecule has 132 valence electrons. The van der Waals surface area contributed by atoms with Gasteiger partial charge in [0.1, 0.15) is 12.4 Å². The van der Waals surface area contributed by atoms with Crippen LogP contribution >= 0.6 is 0 Å². The molecule has 0 aliphatic carbocycles. The number of carboxylic acid groups (broad SMARTS) is 1. The summed E-state index contributed by atoms with van der Waals surface area (Å²) in [6.07, 6.45) is 0. The summed E-state index contributed by atoms with van der Waals surface area (Å²) in [6.45, 7) is -0.383. The van der Waals surface area contributed by atoms with Crippen LogP contribution in [0.4, 0.5) is 26.2 Å². The molecule has 2 aromatic carbocycles. The van der Waals surface area contributed by atoms with Crippen molar-refractivity contribution in [3.8, 4) is 11.3 Å². The Labute approximate surface area is 147 Å². The van der Waals surface area contributed by atoms with Gasteiger partial charge in [0.15, 0.2) is 11.6 Å². The van der Waals surface area contributed by atoms with E-state index in [1.54, 1.807) is 6.07 Å². The van der Waals surface area contributed by atoms with E-state index in [2.05, 4.69) is 20.6 Å². The third-order valence-corrected chi connectivity index (χ3v) is 3.41. The number of aliphatic carboxylic acids is 1. The number of aromatic nitrogens is 2. The van der Waals surface area contributed by atoms with Gasteiger partial charge in [0.2, 0.25) is 5.95 Å². The molecule has 0 radical (unpaired) electrons. The zero-order chi connectivity index (χ0) is 18.5. The van der Waals surface area contributed by atoms with Gasteiger partial charge in [-0.15, -0.1) is 0 Å². The zero-order valence-corrected chi connectivity index (χ0v) is 13.4. The quantitative estimate of drug-likeness (QED) is 0.625. The number of halogens is 2. The van der Waals surface area contributed by atoms with Crippen molar-refractivity contribution in [1.29, 1.82) is 0 Å². The summed E-state index contributed by atoms with van der Waals surface area (Å²) in [5.74, 6) is -2.86. The smallest absolute Gasteiger partial charge is 0.322 e. The van der Waals surface area contributed by atoms with Crippen LogP contribution in [0, 0.1) is 11.6 Å². The van der Waals surface area contributed by atoms with E-state index in [1.165, 1.54) is 12.1 Å². The number of hydrogen-bond donors (Lipinski definition) is 3. The molecule has 0 spiro atoms. The summed E-state index contributed by atoms with van der Waals surface area (Å²) in [5.41, 5.74) is 1.16. The van der Waals surface area contributed by atoms with Gasteiger partial charge in [0.05, 0.1) is 11.4 Å². The summed E-state index contributed by atoms with van der Waals surface area (Å²) in [4.78, 5) is 19.1. The van der Waals surface area contributed by atoms with Crippen molar-refractivity contribution in [2.24, 2.45) is 0 Å². The lowest BCUT2D eigenvalue weighted by Gasteiger charge is -2.11. The van der Waals surface area contributed by atoms with Gasteiger partial charge in [-0.3, -0.25) is 4.79 Å². The molecule has 1 heterocycles. The Balaban J connectivity index is 1.99. The minimum absolute atomic E-state index is 0.0491. The third-order valence-electron chi connectivity index (χ3n) is 3.41. The number of hydrogen-bond acceptors (Lipinski definition) is 5. The SMILES string of the molecule is O=C(O)CNc1nc(Nc2cccc(F)c2F)cc(-c2ccccc2)n1. The standard InChI is InChI=1S/C18H14F2N4O2/c19-12-7-4-8-13(17(12)20)22-15-9-14(11-5-2-1-3-6-11)23-18(24-15)21-10-16(25)26/h1-9H,10H2,(H,25,26)(H2,21,22,23,24). The lowest BCUT2D eigenvalue weighted by molar-refractivity contribution is -0.134. The number of carboxylic acids is 1. The van der Waals surface area contributed by atoms with E-state index < -0.39 is 17.6 Å². The van der Waals surface area contributed by atoms with Crippen LogP contribution in [0.5, 0.6) is 0 Å². The van der Waals surface area contributed by atoms with Gasteiger partial charge in [0, 0.05) is 11.6 Å². The Bertz CT molecular complexity index is 936. The fourth-order valence-electron chi connectivity index (χ4n) is 2.24. The molecular weight excluding hydrogens is 342 g/mol. The highest BCUT2D eigenvalue weighted by Crippen LogP contribution is 2.25. The first-order valence-electron chi connectivity index (χ1n) is 7.64. The summed E-state index contributed by atoms with van der Waals surface area (Å²) in [6, 6.07) is 14.4. The number of nitrogens with zero attached hydrogens (tertiary/aromatic N) is 2. The van der Waals surface area contributed by atoms with E-state index in [-0.39, 0.29) is 24.0 Å². The topological polar surface area (TPSA) is 87.1 Å². The van der Waals surface area contributed by atoms with E-state index >= 15 is 0 Å². The number of anilines is 3. The molecule has 1 aromatic heterocycles. The molecule has 3 aromatic rings. The van der Waals surface area contributed by atoms with Gasteiger partial charge in [-0.05, 0) is 12.1 Å². The second-order valence-electron chi connectivity index (χ2n) is 5.30. The second-order valence-corrected chi connectivity index (χ2v) is 5.30. The molecule has 0 fully saturated rings. The van der Waals surface area contributed by atoms with Crippen molar-refractivity contribution < 1.29 is 18.7 Å². The number of rotatable bonds is 6. The van der Waals surface area contributed by atoms with Crippen molar-refractivity contribution in [3.63, 3.8) is 0 Å². The Kier molecular flexibility index (Phi) is 5.02. The van der Waals surface area contributed by atoms with Gasteiger partial charge in [-0.25, -0.2) is 13.8 Å². The van der Waals surface area contributed by atoms with Gasteiger partial charge in [-0.2, -0.15) is 4.98 Å². The first-order chi connectivity index (χ1) is 12.5. The zero-order valence-electron chi connectivity index (χ0n) is 13.4. The molecule has 0 amide bonds. The number of carbonyl (C=O) groups is 1. The van der Waals surface area contributed by atoms with Crippen LogP contribution < -0.4 is 10.6 Å². The lowest BCUT2D eigenvalue weighted by atomic mass is 10.1. The maximum absolute atomic E-state index is 13.9. The molecule has 0 aliphatic rings. The summed E-state index contributed by atoms with van der Waals surface area (Å²) >= 11 is 0. The summed E-state index contributed by atoms with van der Waals surface area (Å²) in [7, 11) is 0. The lowest BCUT2D eigenvalue weighted by Crippen LogP contribution is -2.15. The minimum Gasteiger partial charge on any atom is -0.480 e. The summed E-state index contributed by atoms with van der Waals surface area (Å²) in [5, 5.41) is 14.1. The molecule has 6 nitrogen and oxygen atoms in total. The highest BCUT2D eigenvalue weighted by Gasteiger charge is 2.12. The van der Waals surface area contributed by atoms with Crippen molar-refractivity contribution >= 4 is 23.4 Å². The van der Waals surface area contributed by atoms with Gasteiger partial charge < -0.3 is 15.7 Å². The van der Waals surface area contributed by atoms with Crippen LogP contribution in [-0.2, 0) is 4.79 Å². The van der Waals surface area contributed by atoms with Crippen LogP contribution in [0.2, 0.25) is 0 Å². The van der Waals surface area contributed by atoms with E-state index in [0.717, 1.165) is 11.6 Å². The molecule has 3 rings (SSSR count). The molecule has 0 unspecified atom stereocenters. The van der Waals surface area contributed by atoms with Gasteiger partial charge in [-0.1, -0.05) is 36.4 Å². The molecule has 0 saturated carbocycles. The normalized spacial score (nSPS) is 10.4. The monoisotopic (exact) mass is 356 g/mol. The van der Waals surface area contributed by atoms with Crippen molar-refractivity contribution in [2.75, 3.05) is 17.2 Å². The molecule has 3 N–H and O–H groups in total. The van der Waals surface area contributed by atoms with Crippen molar-refractivity contribution in [2.45, 2.75) is 0 Å². The van der Waals surface area contributed by atoms with Crippen LogP contribution in [0.3, 0.4) is 0 Å². The first kappa shape index (κ1) is 17.3. The maximum Gasteiger partial charge on any atom is 0.322 e. The van der Waals surface area contributed by atoms with Gasteiger partial charge >= 0.3 is 5.97 Å². The van der Waals surface area contributed by atoms with E-state index in [0.29, 0.717) is 5.69 Å². The summed E-state index contributed by atoms with van der Waals surface area (Å²) < 4.78 is 27.3. The predicted octanol–water partition coefficient (Wildman–Crippen LogP) is 3.66. The predicted molar refractivity (Wildman–Crippen MR) is 93.2 cm³/mol. The molecule has 8 heteroatoms. The van der Waals surface area contributed by atoms with Crippen LogP contribution in [-0.4, -0.2) is 27.6 Å². The fourth-order valence-corrected chi connectivity index (χ4v) is 2.24. The average Bonchev–Trinajstić information content (AvgIpc) is 2.64. The number of benzene rings is 2. The van der Waals surface area contributed by atoms with Crippen LogP contribution in [0.15, 0.2) is 54.6 Å². The number of nitrogens with one attached hydrogen (secondary N) is 2. The molecule has 0 aliphatic heterocycles. The van der Waals surface area contributed by atoms with Crippen molar-refractivity contribution in [1.82, 2.24) is 9.97 Å². The Hall–Kier alpha value is -3.55. The molecule has 0 saturated heterocycles. The van der Waals surface area contributed by atoms with E-state index in [9.17, 15) is 13.6 Å². The molecule has 26 heavy (non-hydrogen) atoms. The Morgan fingerprint density at radius 1 is 1.04 bits per heavy atom. The largest absolute Gasteiger partial charge is 0.480 e. The highest BCUT2D eigenvalue weighted by molar-refractivity contribution is 5.73. The van der Waals surface area contributed by atoms with Crippen molar-refractivity contribution in [3.05, 3.63) is 66.2 Å². The minimum atomic E-state index is -1.08. The highest BCUT2D eigenvalue weighted by atomic mass is 19.2.